The molecule has 4 aliphatic rings. The largest absolute Gasteiger partial charge is 0.135 e. The van der Waals surface area contributed by atoms with Gasteiger partial charge in [-0.05, 0) is 119 Å². The molecular weight excluding hydrogens is 765 g/mol. The van der Waals surface area contributed by atoms with Gasteiger partial charge in [0.05, 0.1) is 0 Å². The van der Waals surface area contributed by atoms with Crippen LogP contribution < -0.4 is 0 Å². The minimum atomic E-state index is 0.150. The van der Waals surface area contributed by atoms with Gasteiger partial charge in [0.1, 0.15) is 0 Å². The number of allylic oxidation sites excluding steroid dienone is 8. The average Bonchev–Trinajstić information content (AvgIpc) is 3.84. The molecule has 1 aromatic heterocycles. The molecule has 3 unspecified atom stereocenters. The first-order valence-electron chi connectivity index (χ1n) is 22.9. The van der Waals surface area contributed by atoms with Crippen LogP contribution in [0.1, 0.15) is 105 Å². The van der Waals surface area contributed by atoms with Crippen LogP contribution in [-0.4, -0.2) is 0 Å². The van der Waals surface area contributed by atoms with Crippen molar-refractivity contribution in [3.8, 4) is 22.3 Å². The Hall–Kier alpha value is -5.50. The molecule has 1 heteroatoms. The molecule has 312 valence electrons. The van der Waals surface area contributed by atoms with Crippen LogP contribution >= 0.6 is 11.3 Å². The minimum Gasteiger partial charge on any atom is -0.135 e. The molecule has 0 radical (unpaired) electrons. The summed E-state index contributed by atoms with van der Waals surface area (Å²) in [5, 5.41) is 2.73. The highest BCUT2D eigenvalue weighted by Gasteiger charge is 2.46. The fourth-order valence-electron chi connectivity index (χ4n) is 11.3. The van der Waals surface area contributed by atoms with E-state index in [1.54, 1.807) is 16.7 Å². The van der Waals surface area contributed by atoms with E-state index in [4.69, 9.17) is 0 Å². The second kappa shape index (κ2) is 16.7. The molecule has 7 aromatic rings. The van der Waals surface area contributed by atoms with Crippen LogP contribution in [0.5, 0.6) is 0 Å². The summed E-state index contributed by atoms with van der Waals surface area (Å²) in [6, 6.07) is 44.5. The Balaban J connectivity index is 0.000000120. The van der Waals surface area contributed by atoms with Gasteiger partial charge in [0.25, 0.3) is 0 Å². The normalized spacial score (nSPS) is 19.6. The molecule has 0 nitrogen and oxygen atoms in total. The van der Waals surface area contributed by atoms with Crippen molar-refractivity contribution in [1.29, 1.82) is 0 Å². The zero-order chi connectivity index (χ0) is 43.3. The minimum absolute atomic E-state index is 0.150. The number of rotatable bonds is 4. The molecule has 0 N–H and O–H groups in total. The van der Waals surface area contributed by atoms with E-state index in [0.29, 0.717) is 17.8 Å². The standard InChI is InChI=1S/C24H28.C19H14S.C18H20/c1-15-7-6-8-18(12-15)19-9-10-21-20(14-19)23-17(3)11-16(2)13-22(23)24(21,4)5;1-13-9-11-14(12-10-13)15-6-4-7-17-16-5-2-3-8-18(16)20-19(15)17;1-4-8-13-9-7-11-15-14-10-5-6-12-16(14)18(2,3)17(13)15/h6-7,9-14,18,20-21H,8H2,1-5H3;2-12H,1H3;5-7,9-12H,4,8H2,1-3H3. The maximum atomic E-state index is 2.58. The molecular formula is C61H62S. The summed E-state index contributed by atoms with van der Waals surface area (Å²) >= 11 is 1.89. The first-order chi connectivity index (χ1) is 29.9. The van der Waals surface area contributed by atoms with Crippen LogP contribution in [0, 0.1) is 32.6 Å². The summed E-state index contributed by atoms with van der Waals surface area (Å²) in [4.78, 5) is 0. The first kappa shape index (κ1) is 41.8. The lowest BCUT2D eigenvalue weighted by Gasteiger charge is -2.32. The van der Waals surface area contributed by atoms with E-state index in [1.165, 1.54) is 94.2 Å². The smallest absolute Gasteiger partial charge is 0.0433 e. The Morgan fingerprint density at radius 2 is 1.35 bits per heavy atom. The zero-order valence-electron chi connectivity index (χ0n) is 38.3. The van der Waals surface area contributed by atoms with Gasteiger partial charge in [-0.2, -0.15) is 0 Å². The van der Waals surface area contributed by atoms with Gasteiger partial charge < -0.3 is 0 Å². The lowest BCUT2D eigenvalue weighted by Crippen LogP contribution is -2.25. The van der Waals surface area contributed by atoms with E-state index < -0.39 is 0 Å². The van der Waals surface area contributed by atoms with Gasteiger partial charge in [-0.25, -0.2) is 0 Å². The van der Waals surface area contributed by atoms with Gasteiger partial charge >= 0.3 is 0 Å². The van der Waals surface area contributed by atoms with Crippen molar-refractivity contribution < 1.29 is 0 Å². The number of hydrogen-bond donors (Lipinski definition) is 0. The van der Waals surface area contributed by atoms with Crippen LogP contribution in [0.25, 0.3) is 42.4 Å². The summed E-state index contributed by atoms with van der Waals surface area (Å²) in [6.45, 7) is 20.7. The Kier molecular flexibility index (Phi) is 11.2. The molecule has 0 spiro atoms. The number of hydrogen-bond acceptors (Lipinski definition) is 1. The van der Waals surface area contributed by atoms with Gasteiger partial charge in [-0.3, -0.25) is 0 Å². The zero-order valence-corrected chi connectivity index (χ0v) is 39.1. The van der Waals surface area contributed by atoms with E-state index in [9.17, 15) is 0 Å². The molecule has 4 aliphatic carbocycles. The van der Waals surface area contributed by atoms with E-state index >= 15 is 0 Å². The third-order valence-electron chi connectivity index (χ3n) is 14.3. The number of aryl methyl sites for hydroxylation is 4. The Labute approximate surface area is 375 Å². The van der Waals surface area contributed by atoms with Crippen molar-refractivity contribution in [1.82, 2.24) is 0 Å². The van der Waals surface area contributed by atoms with Crippen LogP contribution in [0.2, 0.25) is 0 Å². The maximum Gasteiger partial charge on any atom is 0.0433 e. The van der Waals surface area contributed by atoms with Gasteiger partial charge in [0.2, 0.25) is 0 Å². The summed E-state index contributed by atoms with van der Waals surface area (Å²) in [7, 11) is 0. The van der Waals surface area contributed by atoms with E-state index in [0.717, 1.165) is 6.42 Å². The fourth-order valence-corrected chi connectivity index (χ4v) is 12.5. The van der Waals surface area contributed by atoms with Crippen molar-refractivity contribution in [2.75, 3.05) is 0 Å². The quantitative estimate of drug-likeness (QED) is 0.166. The number of fused-ring (bicyclic) bond motifs is 9. The lowest BCUT2D eigenvalue weighted by molar-refractivity contribution is 0.391. The van der Waals surface area contributed by atoms with Crippen molar-refractivity contribution in [3.05, 3.63) is 213 Å². The second-order valence-corrected chi connectivity index (χ2v) is 20.5. The Morgan fingerprint density at radius 1 is 0.645 bits per heavy atom. The highest BCUT2D eigenvalue weighted by atomic mass is 32.1. The molecule has 0 bridgehead atoms. The predicted octanol–water partition coefficient (Wildman–Crippen LogP) is 17.3. The van der Waals surface area contributed by atoms with Gasteiger partial charge in [0.15, 0.2) is 0 Å². The Morgan fingerprint density at radius 3 is 2.15 bits per heavy atom. The first-order valence-corrected chi connectivity index (χ1v) is 23.7. The van der Waals surface area contributed by atoms with Crippen molar-refractivity contribution in [3.63, 3.8) is 0 Å². The van der Waals surface area contributed by atoms with Crippen LogP contribution in [0.4, 0.5) is 0 Å². The molecule has 0 saturated carbocycles. The molecule has 0 aliphatic heterocycles. The highest BCUT2D eigenvalue weighted by molar-refractivity contribution is 7.26. The molecule has 1 heterocycles. The monoisotopic (exact) mass is 826 g/mol. The SMILES string of the molecule is CC1=CC(C2=CC3c4c(C)cc(C)cc4C(C)(C)C3C=C2)CC=C1.CCCc1cccc2c1C(C)(C)c1ccccc1-2.Cc1ccc(-c2cccc3c2sc2ccccc23)cc1. The van der Waals surface area contributed by atoms with Crippen LogP contribution in [0.3, 0.4) is 0 Å². The van der Waals surface area contributed by atoms with E-state index in [2.05, 4.69) is 220 Å². The second-order valence-electron chi connectivity index (χ2n) is 19.4. The molecule has 11 rings (SSSR count). The van der Waals surface area contributed by atoms with Gasteiger partial charge in [-0.15, -0.1) is 11.3 Å². The topological polar surface area (TPSA) is 0 Å². The molecule has 6 aromatic carbocycles. The lowest BCUT2D eigenvalue weighted by atomic mass is 9.72. The summed E-state index contributed by atoms with van der Waals surface area (Å²) < 4.78 is 2.75. The third-order valence-corrected chi connectivity index (χ3v) is 15.5. The molecule has 0 saturated heterocycles. The van der Waals surface area contributed by atoms with Crippen molar-refractivity contribution in [2.24, 2.45) is 11.8 Å². The van der Waals surface area contributed by atoms with Crippen molar-refractivity contribution >= 4 is 31.5 Å². The molecule has 3 atom stereocenters. The molecule has 62 heavy (non-hydrogen) atoms. The number of thiophene rings is 1. The summed E-state index contributed by atoms with van der Waals surface area (Å²) in [6.07, 6.45) is 18.0. The van der Waals surface area contributed by atoms with Gasteiger partial charge in [0, 0.05) is 37.4 Å². The van der Waals surface area contributed by atoms with Crippen LogP contribution in [0.15, 0.2) is 169 Å². The predicted molar refractivity (Wildman–Crippen MR) is 271 cm³/mol. The average molecular weight is 827 g/mol. The Bertz CT molecular complexity index is 2930. The highest BCUT2D eigenvalue weighted by Crippen LogP contribution is 2.55. The molecule has 0 fully saturated rings. The van der Waals surface area contributed by atoms with Gasteiger partial charge in [-0.1, -0.05) is 209 Å². The third kappa shape index (κ3) is 7.47. The maximum absolute atomic E-state index is 2.58. The summed E-state index contributed by atoms with van der Waals surface area (Å²) in [5.74, 6) is 1.67. The van der Waals surface area contributed by atoms with Crippen LogP contribution in [-0.2, 0) is 17.3 Å². The fraction of sp³-hybridized carbons (Fsp3) is 0.279. The molecule has 0 amide bonds. The van der Waals surface area contributed by atoms with E-state index in [1.807, 2.05) is 11.3 Å². The van der Waals surface area contributed by atoms with E-state index in [-0.39, 0.29) is 10.8 Å². The summed E-state index contributed by atoms with van der Waals surface area (Å²) in [5.41, 5.74) is 20.6. The number of benzene rings is 6. The van der Waals surface area contributed by atoms with Crippen molar-refractivity contribution in [2.45, 2.75) is 98.3 Å².